The van der Waals surface area contributed by atoms with Crippen LogP contribution in [-0.2, 0) is 12.8 Å². The normalized spacial score (nSPS) is 21.1. The number of nitrogens with one attached hydrogen (secondary N) is 1. The summed E-state index contributed by atoms with van der Waals surface area (Å²) in [7, 11) is 0. The minimum atomic E-state index is 0.455. The number of hydrogen-bond acceptors (Lipinski definition) is 2. The first-order chi connectivity index (χ1) is 7.81. The van der Waals surface area contributed by atoms with E-state index in [1.54, 1.807) is 0 Å². The molecule has 1 heterocycles. The zero-order valence-electron chi connectivity index (χ0n) is 9.76. The molecule has 1 aliphatic heterocycles. The summed E-state index contributed by atoms with van der Waals surface area (Å²) in [5, 5.41) is 3.46. The van der Waals surface area contributed by atoms with Gasteiger partial charge in [0, 0.05) is 12.2 Å². The van der Waals surface area contributed by atoms with Crippen molar-refractivity contribution < 1.29 is 0 Å². The first kappa shape index (κ1) is 10.2. The van der Waals surface area contributed by atoms with Gasteiger partial charge in [0.25, 0.3) is 0 Å². The van der Waals surface area contributed by atoms with Gasteiger partial charge >= 0.3 is 0 Å². The number of aryl methyl sites for hydroxylation is 1. The molecule has 1 aromatic rings. The van der Waals surface area contributed by atoms with E-state index < -0.39 is 0 Å². The average Bonchev–Trinajstić information content (AvgIpc) is 3.09. The van der Waals surface area contributed by atoms with Gasteiger partial charge in [-0.3, -0.25) is 0 Å². The summed E-state index contributed by atoms with van der Waals surface area (Å²) in [6, 6.07) is 6.90. The zero-order chi connectivity index (χ0) is 11.0. The predicted molar refractivity (Wildman–Crippen MR) is 67.7 cm³/mol. The summed E-state index contributed by atoms with van der Waals surface area (Å²) in [4.78, 5) is 0. The fourth-order valence-corrected chi connectivity index (χ4v) is 2.70. The Labute approximate surface area is 97.2 Å². The van der Waals surface area contributed by atoms with E-state index in [4.69, 9.17) is 5.73 Å². The summed E-state index contributed by atoms with van der Waals surface area (Å²) in [6.07, 6.45) is 6.30. The lowest BCUT2D eigenvalue weighted by Gasteiger charge is -2.20. The van der Waals surface area contributed by atoms with Crippen LogP contribution >= 0.6 is 0 Å². The third kappa shape index (κ3) is 1.82. The molecule has 1 saturated carbocycles. The smallest absolute Gasteiger partial charge is 0.0372 e. The van der Waals surface area contributed by atoms with Gasteiger partial charge in [-0.05, 0) is 61.3 Å². The number of anilines is 1. The molecule has 3 rings (SSSR count). The number of nitrogens with two attached hydrogens (primary N) is 1. The summed E-state index contributed by atoms with van der Waals surface area (Å²) in [5.41, 5.74) is 10.6. The van der Waals surface area contributed by atoms with Gasteiger partial charge in [0.1, 0.15) is 0 Å². The summed E-state index contributed by atoms with van der Waals surface area (Å²) in [6.45, 7) is 1.97. The molecule has 1 aliphatic carbocycles. The first-order valence-corrected chi connectivity index (χ1v) is 6.37. The molecule has 0 radical (unpaired) electrons. The Morgan fingerprint density at radius 1 is 1.31 bits per heavy atom. The van der Waals surface area contributed by atoms with Crippen molar-refractivity contribution in [1.82, 2.24) is 0 Å². The predicted octanol–water partition coefficient (Wildman–Crippen LogP) is 2.33. The fraction of sp³-hybridized carbons (Fsp3) is 0.571. The molecule has 0 spiro atoms. The second-order valence-corrected chi connectivity index (χ2v) is 5.40. The second kappa shape index (κ2) is 3.77. The molecule has 2 aliphatic rings. The second-order valence-electron chi connectivity index (χ2n) is 5.40. The van der Waals surface area contributed by atoms with Crippen LogP contribution in [0.2, 0.25) is 0 Å². The van der Waals surface area contributed by atoms with Crippen LogP contribution in [-0.4, -0.2) is 13.1 Å². The molecular weight excluding hydrogens is 196 g/mol. The summed E-state index contributed by atoms with van der Waals surface area (Å²) < 4.78 is 0. The van der Waals surface area contributed by atoms with Gasteiger partial charge in [0.2, 0.25) is 0 Å². The van der Waals surface area contributed by atoms with Gasteiger partial charge in [-0.25, -0.2) is 0 Å². The highest BCUT2D eigenvalue weighted by Gasteiger charge is 2.40. The lowest BCUT2D eigenvalue weighted by Crippen LogP contribution is -2.18. The average molecular weight is 216 g/mol. The van der Waals surface area contributed by atoms with E-state index in [2.05, 4.69) is 23.5 Å². The van der Waals surface area contributed by atoms with Crippen molar-refractivity contribution in [2.24, 2.45) is 11.1 Å². The molecule has 2 heteroatoms. The van der Waals surface area contributed by atoms with Crippen LogP contribution in [0.1, 0.15) is 30.4 Å². The van der Waals surface area contributed by atoms with Crippen molar-refractivity contribution in [3.05, 3.63) is 29.3 Å². The minimum absolute atomic E-state index is 0.455. The number of fused-ring (bicyclic) bond motifs is 1. The lowest BCUT2D eigenvalue weighted by molar-refractivity contribution is 0.521. The standard InChI is InChI=1S/C14H20N2/c15-10-14(5-6-14)9-11-3-4-13-12(8-11)2-1-7-16-13/h3-4,8,16H,1-2,5-7,9-10,15H2. The van der Waals surface area contributed by atoms with Crippen LogP contribution in [0, 0.1) is 5.41 Å². The minimum Gasteiger partial charge on any atom is -0.385 e. The van der Waals surface area contributed by atoms with E-state index in [9.17, 15) is 0 Å². The van der Waals surface area contributed by atoms with Gasteiger partial charge < -0.3 is 11.1 Å². The van der Waals surface area contributed by atoms with Gasteiger partial charge in [0.05, 0.1) is 0 Å². The SMILES string of the molecule is NCC1(Cc2ccc3c(c2)CCCN3)CC1. The van der Waals surface area contributed by atoms with Crippen LogP contribution in [0.4, 0.5) is 5.69 Å². The fourth-order valence-electron chi connectivity index (χ4n) is 2.70. The molecule has 2 nitrogen and oxygen atoms in total. The maximum atomic E-state index is 5.84. The van der Waals surface area contributed by atoms with Crippen LogP contribution in [0.25, 0.3) is 0 Å². The monoisotopic (exact) mass is 216 g/mol. The molecule has 1 fully saturated rings. The lowest BCUT2D eigenvalue weighted by atomic mass is 9.93. The number of benzene rings is 1. The van der Waals surface area contributed by atoms with Crippen molar-refractivity contribution in [2.75, 3.05) is 18.4 Å². The van der Waals surface area contributed by atoms with E-state index in [-0.39, 0.29) is 0 Å². The van der Waals surface area contributed by atoms with Crippen LogP contribution in [0.5, 0.6) is 0 Å². The molecule has 0 unspecified atom stereocenters. The highest BCUT2D eigenvalue weighted by Crippen LogP contribution is 2.47. The van der Waals surface area contributed by atoms with E-state index in [1.807, 2.05) is 0 Å². The summed E-state index contributed by atoms with van der Waals surface area (Å²) in [5.74, 6) is 0. The molecule has 86 valence electrons. The van der Waals surface area contributed by atoms with Crippen LogP contribution in [0.3, 0.4) is 0 Å². The maximum Gasteiger partial charge on any atom is 0.0372 e. The Morgan fingerprint density at radius 3 is 2.94 bits per heavy atom. The summed E-state index contributed by atoms with van der Waals surface area (Å²) >= 11 is 0. The molecule has 0 aromatic heterocycles. The van der Waals surface area contributed by atoms with Gasteiger partial charge in [-0.2, -0.15) is 0 Å². The molecule has 0 atom stereocenters. The van der Waals surface area contributed by atoms with E-state index >= 15 is 0 Å². The third-order valence-electron chi connectivity index (χ3n) is 4.08. The maximum absolute atomic E-state index is 5.84. The largest absolute Gasteiger partial charge is 0.385 e. The highest BCUT2D eigenvalue weighted by atomic mass is 14.9. The van der Waals surface area contributed by atoms with Crippen molar-refractivity contribution in [3.63, 3.8) is 0 Å². The van der Waals surface area contributed by atoms with Crippen molar-refractivity contribution in [3.8, 4) is 0 Å². The zero-order valence-corrected chi connectivity index (χ0v) is 9.76. The number of hydrogen-bond donors (Lipinski definition) is 2. The van der Waals surface area contributed by atoms with Crippen molar-refractivity contribution in [2.45, 2.75) is 32.1 Å². The number of rotatable bonds is 3. The topological polar surface area (TPSA) is 38.0 Å². The van der Waals surface area contributed by atoms with Crippen LogP contribution < -0.4 is 11.1 Å². The Bertz CT molecular complexity index is 394. The highest BCUT2D eigenvalue weighted by molar-refractivity contribution is 5.54. The molecule has 0 saturated heterocycles. The van der Waals surface area contributed by atoms with E-state index in [1.165, 1.54) is 48.9 Å². The molecule has 1 aromatic carbocycles. The molecule has 3 N–H and O–H groups in total. The molecule has 16 heavy (non-hydrogen) atoms. The quantitative estimate of drug-likeness (QED) is 0.813. The van der Waals surface area contributed by atoms with Crippen LogP contribution in [0.15, 0.2) is 18.2 Å². The van der Waals surface area contributed by atoms with Crippen molar-refractivity contribution in [1.29, 1.82) is 0 Å². The molecule has 0 bridgehead atoms. The van der Waals surface area contributed by atoms with Gasteiger partial charge in [-0.1, -0.05) is 12.1 Å². The Kier molecular flexibility index (Phi) is 2.40. The Balaban J connectivity index is 1.80. The Hall–Kier alpha value is -1.02. The van der Waals surface area contributed by atoms with E-state index in [0.717, 1.165) is 13.1 Å². The first-order valence-electron chi connectivity index (χ1n) is 6.37. The van der Waals surface area contributed by atoms with Gasteiger partial charge in [-0.15, -0.1) is 0 Å². The molecular formula is C14H20N2. The van der Waals surface area contributed by atoms with E-state index in [0.29, 0.717) is 5.41 Å². The third-order valence-corrected chi connectivity index (χ3v) is 4.08. The van der Waals surface area contributed by atoms with Crippen molar-refractivity contribution >= 4 is 5.69 Å². The Morgan fingerprint density at radius 2 is 2.19 bits per heavy atom. The van der Waals surface area contributed by atoms with Gasteiger partial charge in [0.15, 0.2) is 0 Å². The molecule has 0 amide bonds.